The highest BCUT2D eigenvalue weighted by Gasteiger charge is 2.39. The van der Waals surface area contributed by atoms with Crippen molar-refractivity contribution in [2.45, 2.75) is 32.2 Å². The Balaban J connectivity index is 1.71. The summed E-state index contributed by atoms with van der Waals surface area (Å²) in [7, 11) is -3.35. The third-order valence-electron chi connectivity index (χ3n) is 4.77. The van der Waals surface area contributed by atoms with E-state index in [9.17, 15) is 8.42 Å². The zero-order valence-electron chi connectivity index (χ0n) is 12.6. The smallest absolute Gasteiger partial charge is 0.264 e. The maximum Gasteiger partial charge on any atom is 0.264 e. The summed E-state index contributed by atoms with van der Waals surface area (Å²) in [4.78, 5) is 2.47. The van der Waals surface area contributed by atoms with Crippen LogP contribution >= 0.6 is 0 Å². The van der Waals surface area contributed by atoms with Gasteiger partial charge in [-0.25, -0.2) is 0 Å². The number of nitrogens with zero attached hydrogens (tertiary/aromatic N) is 2. The number of rotatable bonds is 4. The summed E-state index contributed by atoms with van der Waals surface area (Å²) >= 11 is 0. The summed E-state index contributed by atoms with van der Waals surface area (Å²) in [6.45, 7) is 4.38. The molecule has 2 aliphatic rings. The lowest BCUT2D eigenvalue weighted by molar-refractivity contribution is 0.0362. The first-order valence-corrected chi connectivity index (χ1v) is 9.37. The van der Waals surface area contributed by atoms with Crippen LogP contribution in [0.2, 0.25) is 0 Å². The van der Waals surface area contributed by atoms with Gasteiger partial charge >= 0.3 is 0 Å². The average Bonchev–Trinajstić information content (AvgIpc) is 2.88. The lowest BCUT2D eigenvalue weighted by atomic mass is 9.74. The number of hydrogen-bond donors (Lipinski definition) is 1. The molecule has 3 atom stereocenters. The second-order valence-corrected chi connectivity index (χ2v) is 7.93. The van der Waals surface area contributed by atoms with E-state index < -0.39 is 10.1 Å². The minimum atomic E-state index is -3.35. The van der Waals surface area contributed by atoms with Crippen LogP contribution in [0.3, 0.4) is 0 Å². The first-order chi connectivity index (χ1) is 9.96. The molecule has 0 bridgehead atoms. The average molecular weight is 313 g/mol. The van der Waals surface area contributed by atoms with Gasteiger partial charge in [0.25, 0.3) is 10.1 Å². The van der Waals surface area contributed by atoms with E-state index in [1.54, 1.807) is 0 Å². The Morgan fingerprint density at radius 2 is 2.29 bits per heavy atom. The van der Waals surface area contributed by atoms with Crippen LogP contribution in [0.1, 0.15) is 24.6 Å². The van der Waals surface area contributed by atoms with Crippen LogP contribution in [0.4, 0.5) is 0 Å². The molecule has 0 spiro atoms. The van der Waals surface area contributed by atoms with Crippen LogP contribution in [0.25, 0.3) is 0 Å². The maximum atomic E-state index is 11.2. The van der Waals surface area contributed by atoms with Gasteiger partial charge in [-0.05, 0) is 43.2 Å². The number of aromatic amines is 1. The van der Waals surface area contributed by atoms with Gasteiger partial charge < -0.3 is 0 Å². The van der Waals surface area contributed by atoms with Crippen LogP contribution in [0.5, 0.6) is 0 Å². The second kappa shape index (κ2) is 5.70. The zero-order chi connectivity index (χ0) is 15.0. The summed E-state index contributed by atoms with van der Waals surface area (Å²) in [5, 5.41) is 7.25. The highest BCUT2D eigenvalue weighted by molar-refractivity contribution is 7.85. The summed E-state index contributed by atoms with van der Waals surface area (Å²) in [6, 6.07) is 0.551. The molecule has 0 aromatic carbocycles. The highest BCUT2D eigenvalue weighted by Crippen LogP contribution is 2.36. The Kier molecular flexibility index (Phi) is 4.07. The molecule has 1 aliphatic heterocycles. The third-order valence-corrected chi connectivity index (χ3v) is 5.33. The zero-order valence-corrected chi connectivity index (χ0v) is 13.4. The number of nitrogens with one attached hydrogen (secondary N) is 1. The molecule has 0 amide bonds. The molecular formula is C14H23N3O3S. The number of piperidine rings is 1. The van der Waals surface area contributed by atoms with E-state index in [0.29, 0.717) is 18.6 Å². The maximum absolute atomic E-state index is 11.2. The van der Waals surface area contributed by atoms with Crippen LogP contribution < -0.4 is 0 Å². The van der Waals surface area contributed by atoms with Crippen LogP contribution in [-0.2, 0) is 27.1 Å². The standard InChI is InChI=1S/C14H23N3O3S/c1-3-17-8-10(9-20-21(2,18)19)4-11-5-13-12(6-14(11)17)7-15-16-13/h7,10-11,14H,3-6,8-9H2,1-2H3,(H,15,16). The minimum Gasteiger partial charge on any atom is -0.300 e. The van der Waals surface area contributed by atoms with Gasteiger partial charge in [-0.2, -0.15) is 13.5 Å². The Bertz CT molecular complexity index is 598. The summed E-state index contributed by atoms with van der Waals surface area (Å²) in [5.74, 6) is 0.838. The second-order valence-electron chi connectivity index (χ2n) is 6.29. The number of likely N-dealkylation sites (tertiary alicyclic amines) is 1. The van der Waals surface area contributed by atoms with E-state index in [1.807, 2.05) is 6.20 Å². The Morgan fingerprint density at radius 1 is 1.48 bits per heavy atom. The van der Waals surface area contributed by atoms with E-state index >= 15 is 0 Å². The predicted octanol–water partition coefficient (Wildman–Crippen LogP) is 0.811. The molecule has 1 fully saturated rings. The molecule has 21 heavy (non-hydrogen) atoms. The Labute approximate surface area is 126 Å². The van der Waals surface area contributed by atoms with E-state index in [0.717, 1.165) is 38.6 Å². The van der Waals surface area contributed by atoms with Crippen molar-refractivity contribution in [3.05, 3.63) is 17.5 Å². The molecule has 1 aromatic rings. The summed E-state index contributed by atoms with van der Waals surface area (Å²) in [6.07, 6.45) is 6.14. The van der Waals surface area contributed by atoms with Gasteiger partial charge in [0.1, 0.15) is 0 Å². The van der Waals surface area contributed by atoms with E-state index in [1.165, 1.54) is 11.3 Å². The monoisotopic (exact) mass is 313 g/mol. The molecule has 0 radical (unpaired) electrons. The quantitative estimate of drug-likeness (QED) is 0.833. The molecule has 1 aromatic heterocycles. The van der Waals surface area contributed by atoms with Crippen LogP contribution in [0.15, 0.2) is 6.20 Å². The molecular weight excluding hydrogens is 290 g/mol. The van der Waals surface area contributed by atoms with Gasteiger partial charge in [-0.1, -0.05) is 6.92 Å². The number of hydrogen-bond acceptors (Lipinski definition) is 5. The van der Waals surface area contributed by atoms with Gasteiger partial charge in [0, 0.05) is 18.3 Å². The Hall–Kier alpha value is -0.920. The fraction of sp³-hybridized carbons (Fsp3) is 0.786. The SMILES string of the molecule is CCN1CC(COS(C)(=O)=O)CC2Cc3[nH]ncc3CC21. The topological polar surface area (TPSA) is 75.3 Å². The van der Waals surface area contributed by atoms with Crippen LogP contribution in [0, 0.1) is 11.8 Å². The van der Waals surface area contributed by atoms with Crippen molar-refractivity contribution in [2.75, 3.05) is 26.0 Å². The van der Waals surface area contributed by atoms with Crippen molar-refractivity contribution in [2.24, 2.45) is 11.8 Å². The third kappa shape index (κ3) is 3.30. The van der Waals surface area contributed by atoms with E-state index in [-0.39, 0.29) is 5.92 Å². The molecule has 1 N–H and O–H groups in total. The van der Waals surface area contributed by atoms with Crippen molar-refractivity contribution < 1.29 is 12.6 Å². The van der Waals surface area contributed by atoms with E-state index in [4.69, 9.17) is 4.18 Å². The van der Waals surface area contributed by atoms with Gasteiger partial charge in [-0.15, -0.1) is 0 Å². The lowest BCUT2D eigenvalue weighted by Crippen LogP contribution is -2.52. The van der Waals surface area contributed by atoms with Gasteiger partial charge in [0.05, 0.1) is 19.1 Å². The first-order valence-electron chi connectivity index (χ1n) is 7.56. The fourth-order valence-electron chi connectivity index (χ4n) is 3.82. The van der Waals surface area contributed by atoms with Crippen molar-refractivity contribution in [3.8, 4) is 0 Å². The summed E-state index contributed by atoms with van der Waals surface area (Å²) in [5.41, 5.74) is 2.58. The normalized spacial score (nSPS) is 29.9. The molecule has 118 valence electrons. The molecule has 3 rings (SSSR count). The van der Waals surface area contributed by atoms with Crippen molar-refractivity contribution in [1.29, 1.82) is 0 Å². The molecule has 3 unspecified atom stereocenters. The molecule has 0 saturated carbocycles. The molecule has 1 saturated heterocycles. The first kappa shape index (κ1) is 15.0. The lowest BCUT2D eigenvalue weighted by Gasteiger charge is -2.46. The highest BCUT2D eigenvalue weighted by atomic mass is 32.2. The number of H-pyrrole nitrogens is 1. The molecule has 6 nitrogen and oxygen atoms in total. The van der Waals surface area contributed by atoms with Crippen molar-refractivity contribution in [1.82, 2.24) is 15.1 Å². The molecule has 1 aliphatic carbocycles. The number of fused-ring (bicyclic) bond motifs is 2. The molecule has 7 heteroatoms. The summed E-state index contributed by atoms with van der Waals surface area (Å²) < 4.78 is 27.4. The largest absolute Gasteiger partial charge is 0.300 e. The number of aromatic nitrogens is 2. The number of likely N-dealkylation sites (N-methyl/N-ethyl adjacent to an activating group) is 1. The van der Waals surface area contributed by atoms with Crippen molar-refractivity contribution in [3.63, 3.8) is 0 Å². The van der Waals surface area contributed by atoms with Gasteiger partial charge in [0.15, 0.2) is 0 Å². The van der Waals surface area contributed by atoms with Crippen molar-refractivity contribution >= 4 is 10.1 Å². The fourth-order valence-corrected chi connectivity index (χ4v) is 4.26. The molecule has 2 heterocycles. The minimum absolute atomic E-state index is 0.283. The van der Waals surface area contributed by atoms with Crippen LogP contribution in [-0.4, -0.2) is 55.5 Å². The van der Waals surface area contributed by atoms with Gasteiger partial charge in [-0.3, -0.25) is 14.2 Å². The Morgan fingerprint density at radius 3 is 3.00 bits per heavy atom. The van der Waals surface area contributed by atoms with E-state index in [2.05, 4.69) is 22.0 Å². The predicted molar refractivity (Wildman–Crippen MR) is 79.4 cm³/mol. The van der Waals surface area contributed by atoms with Gasteiger partial charge in [0.2, 0.25) is 0 Å².